The highest BCUT2D eigenvalue weighted by Gasteiger charge is 2.23. The molecule has 1 aromatic rings. The molecule has 1 heterocycles. The minimum absolute atomic E-state index is 0.123. The van der Waals surface area contributed by atoms with E-state index >= 15 is 0 Å². The number of nitro benzene ring substituents is 1. The summed E-state index contributed by atoms with van der Waals surface area (Å²) in [6, 6.07) is 7.01. The minimum atomic E-state index is -0.382. The number of nitrogens with zero attached hydrogens (tertiary/aromatic N) is 3. The molecule has 1 aromatic carbocycles. The number of nitrogens with one attached hydrogen (secondary N) is 2. The highest BCUT2D eigenvalue weighted by molar-refractivity contribution is 5.80. The van der Waals surface area contributed by atoms with Crippen LogP contribution in [0.3, 0.4) is 0 Å². The van der Waals surface area contributed by atoms with Crippen molar-refractivity contribution < 1.29 is 14.5 Å². The van der Waals surface area contributed by atoms with Crippen LogP contribution in [0.15, 0.2) is 29.3 Å². The van der Waals surface area contributed by atoms with E-state index in [1.54, 1.807) is 24.1 Å². The van der Waals surface area contributed by atoms with Gasteiger partial charge in [-0.25, -0.2) is 4.79 Å². The maximum atomic E-state index is 11.8. The zero-order valence-corrected chi connectivity index (χ0v) is 17.2. The zero-order valence-electron chi connectivity index (χ0n) is 17.2. The van der Waals surface area contributed by atoms with Gasteiger partial charge in [-0.3, -0.25) is 15.1 Å². The molecule has 2 rings (SSSR count). The standard InChI is InChI=1S/C20H31N5O4/c1-3-29-20(26)24-14-11-17(12-15-24)23-19(21-2)22-13-5-4-6-16-7-9-18(10-8-16)25(27)28/h7-10,17H,3-6,11-15H2,1-2H3,(H2,21,22,23). The highest BCUT2D eigenvalue weighted by atomic mass is 16.6. The first-order valence-corrected chi connectivity index (χ1v) is 10.2. The van der Waals surface area contributed by atoms with E-state index in [2.05, 4.69) is 15.6 Å². The first kappa shape index (κ1) is 22.4. The second-order valence-corrected chi connectivity index (χ2v) is 6.98. The number of hydrogen-bond acceptors (Lipinski definition) is 5. The van der Waals surface area contributed by atoms with E-state index in [9.17, 15) is 14.9 Å². The number of non-ortho nitro benzene ring substituents is 1. The quantitative estimate of drug-likeness (QED) is 0.226. The molecule has 0 atom stereocenters. The Balaban J connectivity index is 1.62. The van der Waals surface area contributed by atoms with Crippen LogP contribution in [0, 0.1) is 10.1 Å². The summed E-state index contributed by atoms with van der Waals surface area (Å²) in [7, 11) is 1.75. The molecule has 1 amide bonds. The summed E-state index contributed by atoms with van der Waals surface area (Å²) >= 11 is 0. The number of likely N-dealkylation sites (tertiary alicyclic amines) is 1. The molecule has 0 saturated carbocycles. The number of aliphatic imine (C=N–C) groups is 1. The third-order valence-electron chi connectivity index (χ3n) is 4.92. The molecule has 0 bridgehead atoms. The molecule has 0 aliphatic carbocycles. The Morgan fingerprint density at radius 3 is 2.55 bits per heavy atom. The zero-order chi connectivity index (χ0) is 21.1. The van der Waals surface area contributed by atoms with Gasteiger partial charge in [0, 0.05) is 44.9 Å². The number of unbranched alkanes of at least 4 members (excludes halogenated alkanes) is 1. The Morgan fingerprint density at radius 2 is 1.97 bits per heavy atom. The van der Waals surface area contributed by atoms with Crippen LogP contribution in [0.1, 0.15) is 38.2 Å². The molecular formula is C20H31N5O4. The van der Waals surface area contributed by atoms with Crippen molar-refractivity contribution in [1.82, 2.24) is 15.5 Å². The molecule has 0 spiro atoms. The van der Waals surface area contributed by atoms with Crippen molar-refractivity contribution in [1.29, 1.82) is 0 Å². The van der Waals surface area contributed by atoms with Crippen molar-refractivity contribution in [2.45, 2.75) is 45.1 Å². The predicted molar refractivity (Wildman–Crippen MR) is 112 cm³/mol. The molecule has 9 heteroatoms. The van der Waals surface area contributed by atoms with Crippen LogP contribution < -0.4 is 10.6 Å². The molecule has 9 nitrogen and oxygen atoms in total. The van der Waals surface area contributed by atoms with Crippen molar-refractivity contribution in [3.8, 4) is 0 Å². The summed E-state index contributed by atoms with van der Waals surface area (Å²) in [6.07, 6.45) is 4.33. The predicted octanol–water partition coefficient (Wildman–Crippen LogP) is 2.70. The van der Waals surface area contributed by atoms with E-state index in [1.807, 2.05) is 19.1 Å². The smallest absolute Gasteiger partial charge is 0.409 e. The van der Waals surface area contributed by atoms with Gasteiger partial charge in [0.15, 0.2) is 5.96 Å². The molecule has 160 valence electrons. The van der Waals surface area contributed by atoms with Crippen molar-refractivity contribution in [3.63, 3.8) is 0 Å². The van der Waals surface area contributed by atoms with Gasteiger partial charge in [-0.15, -0.1) is 0 Å². The number of carbonyl (C=O) groups excluding carboxylic acids is 1. The topological polar surface area (TPSA) is 109 Å². The van der Waals surface area contributed by atoms with Gasteiger partial charge in [-0.1, -0.05) is 12.1 Å². The number of hydrogen-bond donors (Lipinski definition) is 2. The number of ether oxygens (including phenoxy) is 1. The molecule has 1 aliphatic heterocycles. The minimum Gasteiger partial charge on any atom is -0.450 e. The van der Waals surface area contributed by atoms with E-state index in [0.29, 0.717) is 19.7 Å². The number of nitro groups is 1. The van der Waals surface area contributed by atoms with Crippen molar-refractivity contribution in [2.75, 3.05) is 33.3 Å². The molecule has 1 saturated heterocycles. The molecule has 1 fully saturated rings. The summed E-state index contributed by atoms with van der Waals surface area (Å²) in [5, 5.41) is 17.4. The monoisotopic (exact) mass is 405 g/mol. The molecule has 0 radical (unpaired) electrons. The largest absolute Gasteiger partial charge is 0.450 e. The molecule has 29 heavy (non-hydrogen) atoms. The van der Waals surface area contributed by atoms with Crippen LogP contribution in [-0.2, 0) is 11.2 Å². The average molecular weight is 405 g/mol. The van der Waals surface area contributed by atoms with Crippen LogP contribution in [0.25, 0.3) is 0 Å². The first-order valence-electron chi connectivity index (χ1n) is 10.2. The summed E-state index contributed by atoms with van der Waals surface area (Å²) in [5.74, 6) is 0.773. The van der Waals surface area contributed by atoms with Gasteiger partial charge in [0.05, 0.1) is 11.5 Å². The molecule has 0 unspecified atom stereocenters. The number of piperidine rings is 1. The van der Waals surface area contributed by atoms with Gasteiger partial charge in [0.25, 0.3) is 5.69 Å². The van der Waals surface area contributed by atoms with Gasteiger partial charge in [0.1, 0.15) is 0 Å². The van der Waals surface area contributed by atoms with E-state index in [-0.39, 0.29) is 22.7 Å². The van der Waals surface area contributed by atoms with Crippen LogP contribution in [0.2, 0.25) is 0 Å². The molecule has 0 aromatic heterocycles. The van der Waals surface area contributed by atoms with Crippen LogP contribution in [0.4, 0.5) is 10.5 Å². The summed E-state index contributed by atoms with van der Waals surface area (Å²) in [4.78, 5) is 28.1. The Hall–Kier alpha value is -2.84. The Labute approximate surface area is 171 Å². The van der Waals surface area contributed by atoms with E-state index < -0.39 is 0 Å². The molecular weight excluding hydrogens is 374 g/mol. The lowest BCUT2D eigenvalue weighted by molar-refractivity contribution is -0.384. The lowest BCUT2D eigenvalue weighted by atomic mass is 10.1. The van der Waals surface area contributed by atoms with Crippen molar-refractivity contribution in [2.24, 2.45) is 4.99 Å². The number of guanidine groups is 1. The van der Waals surface area contributed by atoms with Crippen LogP contribution in [0.5, 0.6) is 0 Å². The van der Waals surface area contributed by atoms with E-state index in [4.69, 9.17) is 4.74 Å². The van der Waals surface area contributed by atoms with Crippen LogP contribution in [-0.4, -0.2) is 61.2 Å². The highest BCUT2D eigenvalue weighted by Crippen LogP contribution is 2.14. The number of rotatable bonds is 8. The van der Waals surface area contributed by atoms with E-state index in [1.165, 1.54) is 0 Å². The summed E-state index contributed by atoms with van der Waals surface area (Å²) < 4.78 is 5.04. The van der Waals surface area contributed by atoms with Gasteiger partial charge >= 0.3 is 6.09 Å². The fourth-order valence-corrected chi connectivity index (χ4v) is 3.25. The van der Waals surface area contributed by atoms with Crippen molar-refractivity contribution >= 4 is 17.7 Å². The van der Waals surface area contributed by atoms with Gasteiger partial charge < -0.3 is 20.3 Å². The van der Waals surface area contributed by atoms with Crippen LogP contribution >= 0.6 is 0 Å². The fourth-order valence-electron chi connectivity index (χ4n) is 3.25. The van der Waals surface area contributed by atoms with Crippen molar-refractivity contribution in [3.05, 3.63) is 39.9 Å². The number of benzene rings is 1. The first-order chi connectivity index (χ1) is 14.0. The summed E-state index contributed by atoms with van der Waals surface area (Å²) in [6.45, 7) is 4.38. The summed E-state index contributed by atoms with van der Waals surface area (Å²) in [5.41, 5.74) is 1.23. The van der Waals surface area contributed by atoms with E-state index in [0.717, 1.165) is 50.2 Å². The van der Waals surface area contributed by atoms with Gasteiger partial charge in [-0.05, 0) is 44.6 Å². The maximum absolute atomic E-state index is 11.8. The number of aryl methyl sites for hydroxylation is 1. The third-order valence-corrected chi connectivity index (χ3v) is 4.92. The fraction of sp³-hybridized carbons (Fsp3) is 0.600. The third kappa shape index (κ3) is 7.59. The normalized spacial score (nSPS) is 15.1. The second kappa shape index (κ2) is 11.9. The Bertz CT molecular complexity index is 685. The number of amides is 1. The lowest BCUT2D eigenvalue weighted by Gasteiger charge is -2.32. The SMILES string of the molecule is CCOC(=O)N1CCC(NC(=NC)NCCCCc2ccc([N+](=O)[O-])cc2)CC1. The maximum Gasteiger partial charge on any atom is 0.409 e. The van der Waals surface area contributed by atoms with Gasteiger partial charge in [-0.2, -0.15) is 0 Å². The lowest BCUT2D eigenvalue weighted by Crippen LogP contribution is -2.50. The molecule has 1 aliphatic rings. The second-order valence-electron chi connectivity index (χ2n) is 6.98. The Kier molecular flexibility index (Phi) is 9.20. The Morgan fingerprint density at radius 1 is 1.28 bits per heavy atom. The molecule has 2 N–H and O–H groups in total. The number of carbonyl (C=O) groups is 1. The van der Waals surface area contributed by atoms with Gasteiger partial charge in [0.2, 0.25) is 0 Å². The average Bonchev–Trinajstić information content (AvgIpc) is 2.73.